The minimum absolute atomic E-state index is 0.167. The van der Waals surface area contributed by atoms with Gasteiger partial charge >= 0.3 is 0 Å². The predicted octanol–water partition coefficient (Wildman–Crippen LogP) is 2.38. The number of benzene rings is 2. The molecule has 0 aliphatic rings. The van der Waals surface area contributed by atoms with Gasteiger partial charge in [-0.05, 0) is 42.3 Å². The van der Waals surface area contributed by atoms with Crippen LogP contribution in [0, 0.1) is 0 Å². The minimum atomic E-state index is -0.167. The Balaban J connectivity index is 1.93. The maximum atomic E-state index is 12.1. The highest BCUT2D eigenvalue weighted by Gasteiger charge is 2.10. The lowest BCUT2D eigenvalue weighted by molar-refractivity contribution is 0.0953. The average molecular weight is 301 g/mol. The normalized spacial score (nSPS) is 10.1. The van der Waals surface area contributed by atoms with Crippen molar-refractivity contribution in [3.05, 3.63) is 53.6 Å². The van der Waals surface area contributed by atoms with Gasteiger partial charge in [0.25, 0.3) is 5.91 Å². The van der Waals surface area contributed by atoms with Crippen LogP contribution in [-0.2, 0) is 6.42 Å². The predicted molar refractivity (Wildman–Crippen MR) is 83.7 cm³/mol. The summed E-state index contributed by atoms with van der Waals surface area (Å²) in [5, 5.41) is 12.1. The smallest absolute Gasteiger partial charge is 0.251 e. The fraction of sp³-hybridized carbons (Fsp3) is 0.235. The van der Waals surface area contributed by atoms with Gasteiger partial charge in [-0.1, -0.05) is 12.1 Å². The molecule has 5 heteroatoms. The van der Waals surface area contributed by atoms with Crippen molar-refractivity contribution in [3.63, 3.8) is 0 Å². The molecule has 0 spiro atoms. The lowest BCUT2D eigenvalue weighted by Gasteiger charge is -2.10. The summed E-state index contributed by atoms with van der Waals surface area (Å²) in [5.41, 5.74) is 1.56. The largest absolute Gasteiger partial charge is 0.508 e. The molecule has 5 nitrogen and oxygen atoms in total. The highest BCUT2D eigenvalue weighted by atomic mass is 16.5. The van der Waals surface area contributed by atoms with Crippen molar-refractivity contribution in [3.8, 4) is 17.2 Å². The Bertz CT molecular complexity index is 638. The highest BCUT2D eigenvalue weighted by molar-refractivity contribution is 5.94. The zero-order valence-corrected chi connectivity index (χ0v) is 12.6. The van der Waals surface area contributed by atoms with Crippen LogP contribution in [0.15, 0.2) is 42.5 Å². The molecule has 0 atom stereocenters. The van der Waals surface area contributed by atoms with E-state index in [9.17, 15) is 9.90 Å². The van der Waals surface area contributed by atoms with Crippen molar-refractivity contribution in [2.75, 3.05) is 20.8 Å². The van der Waals surface area contributed by atoms with E-state index in [2.05, 4.69) is 5.32 Å². The van der Waals surface area contributed by atoms with Crippen molar-refractivity contribution in [1.82, 2.24) is 5.32 Å². The van der Waals surface area contributed by atoms with E-state index >= 15 is 0 Å². The van der Waals surface area contributed by atoms with Crippen molar-refractivity contribution < 1.29 is 19.4 Å². The number of phenols is 1. The van der Waals surface area contributed by atoms with Crippen LogP contribution in [0.3, 0.4) is 0 Å². The number of carbonyl (C=O) groups excluding carboxylic acids is 1. The van der Waals surface area contributed by atoms with Crippen molar-refractivity contribution in [1.29, 1.82) is 0 Å². The van der Waals surface area contributed by atoms with Gasteiger partial charge in [0.05, 0.1) is 14.2 Å². The lowest BCUT2D eigenvalue weighted by Crippen LogP contribution is -2.25. The summed E-state index contributed by atoms with van der Waals surface area (Å²) in [6, 6.07) is 12.0. The summed E-state index contributed by atoms with van der Waals surface area (Å²) in [4.78, 5) is 12.1. The molecular formula is C17H19NO4. The van der Waals surface area contributed by atoms with E-state index in [0.717, 1.165) is 5.56 Å². The molecule has 0 bridgehead atoms. The number of ether oxygens (including phenoxy) is 2. The van der Waals surface area contributed by atoms with Gasteiger partial charge in [-0.25, -0.2) is 0 Å². The van der Waals surface area contributed by atoms with Crippen molar-refractivity contribution >= 4 is 5.91 Å². The van der Waals surface area contributed by atoms with E-state index < -0.39 is 0 Å². The summed E-state index contributed by atoms with van der Waals surface area (Å²) in [6.45, 7) is 0.512. The summed E-state index contributed by atoms with van der Waals surface area (Å²) >= 11 is 0. The quantitative estimate of drug-likeness (QED) is 0.859. The Morgan fingerprint density at radius 2 is 1.73 bits per heavy atom. The minimum Gasteiger partial charge on any atom is -0.508 e. The van der Waals surface area contributed by atoms with Crippen LogP contribution in [0.2, 0.25) is 0 Å². The monoisotopic (exact) mass is 301 g/mol. The second-order valence-corrected chi connectivity index (χ2v) is 4.74. The Morgan fingerprint density at radius 1 is 1.05 bits per heavy atom. The van der Waals surface area contributed by atoms with Gasteiger partial charge in [0.1, 0.15) is 5.75 Å². The number of amides is 1. The number of carbonyl (C=O) groups is 1. The molecule has 2 N–H and O–H groups in total. The first-order valence-corrected chi connectivity index (χ1v) is 6.92. The maximum Gasteiger partial charge on any atom is 0.251 e. The van der Waals surface area contributed by atoms with Crippen LogP contribution in [0.25, 0.3) is 0 Å². The second-order valence-electron chi connectivity index (χ2n) is 4.74. The average Bonchev–Trinajstić information content (AvgIpc) is 2.55. The van der Waals surface area contributed by atoms with E-state index in [-0.39, 0.29) is 11.7 Å². The molecule has 0 fully saturated rings. The number of rotatable bonds is 6. The van der Waals surface area contributed by atoms with Crippen molar-refractivity contribution in [2.24, 2.45) is 0 Å². The standard InChI is InChI=1S/C17H19NO4/c1-21-15-8-5-13(11-16(15)22-2)17(20)18-10-9-12-3-6-14(19)7-4-12/h3-8,11,19H,9-10H2,1-2H3,(H,18,20). The van der Waals surface area contributed by atoms with Crippen LogP contribution >= 0.6 is 0 Å². The van der Waals surface area contributed by atoms with Gasteiger partial charge in [-0.15, -0.1) is 0 Å². The molecule has 22 heavy (non-hydrogen) atoms. The molecule has 0 aliphatic heterocycles. The Morgan fingerprint density at radius 3 is 2.36 bits per heavy atom. The summed E-state index contributed by atoms with van der Waals surface area (Å²) < 4.78 is 10.3. The third-order valence-corrected chi connectivity index (χ3v) is 3.28. The Hall–Kier alpha value is -2.69. The molecule has 0 heterocycles. The van der Waals surface area contributed by atoms with E-state index in [1.807, 2.05) is 12.1 Å². The number of phenolic OH excluding ortho intramolecular Hbond substituents is 1. The Labute approximate surface area is 129 Å². The molecule has 0 aliphatic carbocycles. The van der Waals surface area contributed by atoms with Crippen LogP contribution in [0.1, 0.15) is 15.9 Å². The molecule has 0 unspecified atom stereocenters. The lowest BCUT2D eigenvalue weighted by atomic mass is 10.1. The molecule has 0 saturated carbocycles. The number of methoxy groups -OCH3 is 2. The van der Waals surface area contributed by atoms with Crippen LogP contribution in [-0.4, -0.2) is 31.8 Å². The van der Waals surface area contributed by atoms with Crippen molar-refractivity contribution in [2.45, 2.75) is 6.42 Å². The summed E-state index contributed by atoms with van der Waals surface area (Å²) in [6.07, 6.45) is 0.694. The van der Waals surface area contributed by atoms with Crippen LogP contribution in [0.4, 0.5) is 0 Å². The molecule has 0 radical (unpaired) electrons. The molecule has 2 rings (SSSR count). The third-order valence-electron chi connectivity index (χ3n) is 3.28. The zero-order chi connectivity index (χ0) is 15.9. The van der Waals surface area contributed by atoms with Gasteiger partial charge < -0.3 is 19.9 Å². The first-order chi connectivity index (χ1) is 10.6. The molecular weight excluding hydrogens is 282 g/mol. The third kappa shape index (κ3) is 3.91. The highest BCUT2D eigenvalue weighted by Crippen LogP contribution is 2.27. The van der Waals surface area contributed by atoms with Gasteiger partial charge in [-0.3, -0.25) is 4.79 Å². The first kappa shape index (κ1) is 15.7. The molecule has 2 aromatic carbocycles. The molecule has 116 valence electrons. The number of nitrogens with one attached hydrogen (secondary N) is 1. The second kappa shape index (κ2) is 7.36. The van der Waals surface area contributed by atoms with Crippen LogP contribution < -0.4 is 14.8 Å². The molecule has 0 saturated heterocycles. The summed E-state index contributed by atoms with van der Waals surface area (Å²) in [5.74, 6) is 1.18. The number of hydrogen-bond acceptors (Lipinski definition) is 4. The topological polar surface area (TPSA) is 67.8 Å². The Kier molecular flexibility index (Phi) is 5.25. The SMILES string of the molecule is COc1ccc(C(=O)NCCc2ccc(O)cc2)cc1OC. The zero-order valence-electron chi connectivity index (χ0n) is 12.6. The molecule has 0 aromatic heterocycles. The van der Waals surface area contributed by atoms with Gasteiger partial charge in [0.15, 0.2) is 11.5 Å². The fourth-order valence-corrected chi connectivity index (χ4v) is 2.06. The first-order valence-electron chi connectivity index (χ1n) is 6.92. The van der Waals surface area contributed by atoms with Gasteiger partial charge in [0, 0.05) is 12.1 Å². The fourth-order valence-electron chi connectivity index (χ4n) is 2.06. The van der Waals surface area contributed by atoms with E-state index in [1.165, 1.54) is 7.11 Å². The molecule has 1 amide bonds. The van der Waals surface area contributed by atoms with E-state index in [0.29, 0.717) is 30.0 Å². The van der Waals surface area contributed by atoms with Crippen LogP contribution in [0.5, 0.6) is 17.2 Å². The summed E-state index contributed by atoms with van der Waals surface area (Å²) in [7, 11) is 3.08. The van der Waals surface area contributed by atoms with E-state index in [4.69, 9.17) is 9.47 Å². The number of aromatic hydroxyl groups is 1. The number of hydrogen-bond donors (Lipinski definition) is 2. The van der Waals surface area contributed by atoms with Gasteiger partial charge in [-0.2, -0.15) is 0 Å². The van der Waals surface area contributed by atoms with Gasteiger partial charge in [0.2, 0.25) is 0 Å². The molecule has 2 aromatic rings. The van der Waals surface area contributed by atoms with E-state index in [1.54, 1.807) is 37.4 Å². The maximum absolute atomic E-state index is 12.1.